The Labute approximate surface area is 251 Å². The SMILES string of the molecule is CC(C)CP(CC(C)C)C1=Cc2ccccc2[CH]1[Zr+2][CH]1C(P(CC(C)C)CC(C)C)=Cc2ccccc21.[F-].[F-]. The van der Waals surface area contributed by atoms with E-state index >= 15 is 0 Å². The van der Waals surface area contributed by atoms with Crippen LogP contribution in [0, 0.1) is 23.7 Å². The number of hydrogen-bond donors (Lipinski definition) is 0. The van der Waals surface area contributed by atoms with Gasteiger partial charge in [-0.2, -0.15) is 0 Å². The number of fused-ring (bicyclic) bond motifs is 2. The first-order chi connectivity index (χ1) is 17.6. The molecule has 2 atom stereocenters. The van der Waals surface area contributed by atoms with Gasteiger partial charge in [-0.25, -0.2) is 0 Å². The van der Waals surface area contributed by atoms with Crippen LogP contribution in [0.15, 0.2) is 59.2 Å². The summed E-state index contributed by atoms with van der Waals surface area (Å²) in [7, 11) is -0.164. The molecule has 2 aromatic carbocycles. The third kappa shape index (κ3) is 8.76. The number of hydrogen-bond acceptors (Lipinski definition) is 0. The summed E-state index contributed by atoms with van der Waals surface area (Å²) in [5, 5.41) is 3.73. The molecule has 0 nitrogen and oxygen atoms in total. The summed E-state index contributed by atoms with van der Waals surface area (Å²) in [5.74, 6) is 3.09. The van der Waals surface area contributed by atoms with E-state index in [1.54, 1.807) is 11.1 Å². The fraction of sp³-hybridized carbons (Fsp3) is 0.529. The van der Waals surface area contributed by atoms with Crippen LogP contribution in [-0.4, -0.2) is 24.6 Å². The normalized spacial score (nSPS) is 17.8. The van der Waals surface area contributed by atoms with E-state index in [-0.39, 0.29) is 25.3 Å². The van der Waals surface area contributed by atoms with Crippen molar-refractivity contribution < 1.29 is 32.6 Å². The minimum Gasteiger partial charge on any atom is -1.00 e. The molecule has 2 unspecified atom stereocenters. The van der Waals surface area contributed by atoms with Crippen LogP contribution in [-0.2, 0) is 23.2 Å². The van der Waals surface area contributed by atoms with Crippen LogP contribution in [0.1, 0.15) is 84.9 Å². The second-order valence-electron chi connectivity index (χ2n) is 12.8. The average Bonchev–Trinajstić information content (AvgIpc) is 3.36. The Morgan fingerprint density at radius 1 is 0.538 bits per heavy atom. The van der Waals surface area contributed by atoms with E-state index < -0.39 is 23.2 Å². The summed E-state index contributed by atoms with van der Waals surface area (Å²) in [6, 6.07) is 18.9. The smallest absolute Gasteiger partial charge is 1.00 e. The largest absolute Gasteiger partial charge is 1.00 e. The van der Waals surface area contributed by atoms with Gasteiger partial charge in [0.1, 0.15) is 0 Å². The maximum atomic E-state index is 2.67. The number of benzene rings is 2. The van der Waals surface area contributed by atoms with E-state index in [0.717, 1.165) is 30.9 Å². The van der Waals surface area contributed by atoms with Crippen LogP contribution < -0.4 is 9.41 Å². The molecule has 4 rings (SSSR count). The van der Waals surface area contributed by atoms with Crippen molar-refractivity contribution in [1.29, 1.82) is 0 Å². The van der Waals surface area contributed by atoms with E-state index in [0.29, 0.717) is 0 Å². The van der Waals surface area contributed by atoms with Crippen LogP contribution in [0.25, 0.3) is 12.2 Å². The standard InChI is InChI=1S/2C17H24P.2FH.Zr/c2*1-13(2)11-18(12-14(3)4)17-9-15-7-5-6-8-16(15)10-17;;;/h2*5-10,13-14H,11-12H2,1-4H3;2*1H;/q;;;;+2/p-2. The number of allylic oxidation sites excluding steroid dienone is 2. The van der Waals surface area contributed by atoms with Crippen LogP contribution in [0.4, 0.5) is 0 Å². The molecule has 5 heteroatoms. The average molecular weight is 648 g/mol. The van der Waals surface area contributed by atoms with Gasteiger partial charge in [-0.1, -0.05) is 0 Å². The molecule has 0 saturated heterocycles. The molecule has 0 fully saturated rings. The van der Waals surface area contributed by atoms with Crippen molar-refractivity contribution in [2.75, 3.05) is 24.6 Å². The van der Waals surface area contributed by atoms with Gasteiger partial charge in [-0.3, -0.25) is 0 Å². The summed E-state index contributed by atoms with van der Waals surface area (Å²) in [6.45, 7) is 19.5. The van der Waals surface area contributed by atoms with Crippen molar-refractivity contribution in [1.82, 2.24) is 0 Å². The third-order valence-corrected chi connectivity index (χ3v) is 20.0. The molecule has 39 heavy (non-hydrogen) atoms. The van der Waals surface area contributed by atoms with Crippen molar-refractivity contribution in [2.45, 2.75) is 62.6 Å². The molecule has 0 bridgehead atoms. The van der Waals surface area contributed by atoms with E-state index in [1.165, 1.54) is 35.8 Å². The molecular weight excluding hydrogens is 600 g/mol. The van der Waals surface area contributed by atoms with Gasteiger partial charge in [-0.15, -0.1) is 0 Å². The van der Waals surface area contributed by atoms with Crippen LogP contribution >= 0.6 is 15.8 Å². The van der Waals surface area contributed by atoms with Gasteiger partial charge in [0.15, 0.2) is 0 Å². The van der Waals surface area contributed by atoms with Crippen molar-refractivity contribution in [2.24, 2.45) is 23.7 Å². The molecule has 0 amide bonds. The summed E-state index contributed by atoms with van der Waals surface area (Å²) in [5.41, 5.74) is 6.41. The Morgan fingerprint density at radius 2 is 0.846 bits per heavy atom. The van der Waals surface area contributed by atoms with E-state index in [9.17, 15) is 0 Å². The molecule has 2 aromatic rings. The van der Waals surface area contributed by atoms with Crippen LogP contribution in [0.5, 0.6) is 0 Å². The van der Waals surface area contributed by atoms with Gasteiger partial charge >= 0.3 is 244 Å². The molecule has 2 aliphatic rings. The fourth-order valence-corrected chi connectivity index (χ4v) is 20.2. The predicted molar refractivity (Wildman–Crippen MR) is 167 cm³/mol. The molecular formula is C34H48F2P2Zr. The zero-order valence-electron chi connectivity index (χ0n) is 25.2. The van der Waals surface area contributed by atoms with Gasteiger partial charge < -0.3 is 9.41 Å². The van der Waals surface area contributed by atoms with E-state index in [2.05, 4.69) is 116 Å². The maximum Gasteiger partial charge on any atom is -1.00 e. The molecule has 212 valence electrons. The molecule has 2 aliphatic carbocycles. The van der Waals surface area contributed by atoms with Crippen molar-refractivity contribution >= 4 is 28.0 Å². The minimum absolute atomic E-state index is 0. The molecule has 0 aromatic heterocycles. The topological polar surface area (TPSA) is 0 Å². The zero-order chi connectivity index (χ0) is 26.7. The fourth-order valence-electron chi connectivity index (χ4n) is 6.01. The van der Waals surface area contributed by atoms with E-state index in [1.807, 2.05) is 10.6 Å². The molecule has 0 saturated carbocycles. The molecule has 0 radical (unpaired) electrons. The monoisotopic (exact) mass is 646 g/mol. The number of rotatable bonds is 12. The maximum absolute atomic E-state index is 2.67. The minimum atomic E-state index is -0.858. The molecule has 0 heterocycles. The van der Waals surface area contributed by atoms with Crippen molar-refractivity contribution in [3.05, 3.63) is 81.4 Å². The summed E-state index contributed by atoms with van der Waals surface area (Å²) < 4.78 is 1.47. The summed E-state index contributed by atoms with van der Waals surface area (Å²) in [4.78, 5) is 0. The van der Waals surface area contributed by atoms with Crippen LogP contribution in [0.2, 0.25) is 0 Å². The second-order valence-corrected chi connectivity index (χ2v) is 21.1. The van der Waals surface area contributed by atoms with E-state index in [4.69, 9.17) is 0 Å². The number of halogens is 2. The van der Waals surface area contributed by atoms with Gasteiger partial charge in [0.05, 0.1) is 0 Å². The Balaban J connectivity index is 0.00000267. The van der Waals surface area contributed by atoms with Crippen molar-refractivity contribution in [3.63, 3.8) is 0 Å². The quantitative estimate of drug-likeness (QED) is 0.289. The van der Waals surface area contributed by atoms with Gasteiger partial charge in [0, 0.05) is 0 Å². The van der Waals surface area contributed by atoms with Gasteiger partial charge in [-0.05, 0) is 0 Å². The van der Waals surface area contributed by atoms with Gasteiger partial charge in [0.25, 0.3) is 0 Å². The Hall–Kier alpha value is -0.477. The van der Waals surface area contributed by atoms with Crippen molar-refractivity contribution in [3.8, 4) is 0 Å². The zero-order valence-corrected chi connectivity index (χ0v) is 29.5. The molecule has 0 N–H and O–H groups in total. The molecule has 0 spiro atoms. The second kappa shape index (κ2) is 15.7. The Morgan fingerprint density at radius 3 is 1.15 bits per heavy atom. The predicted octanol–water partition coefficient (Wildman–Crippen LogP) is 4.86. The first-order valence-electron chi connectivity index (χ1n) is 14.5. The Bertz CT molecular complexity index is 1010. The molecule has 0 aliphatic heterocycles. The van der Waals surface area contributed by atoms with Gasteiger partial charge in [0.2, 0.25) is 0 Å². The first-order valence-corrected chi connectivity index (χ1v) is 20.8. The Kier molecular flexibility index (Phi) is 13.9. The summed E-state index contributed by atoms with van der Waals surface area (Å²) >= 11 is -0.858. The third-order valence-electron chi connectivity index (χ3n) is 7.22. The van der Waals surface area contributed by atoms with Crippen LogP contribution in [0.3, 0.4) is 0 Å². The first kappa shape index (κ1) is 34.7. The summed E-state index contributed by atoms with van der Waals surface area (Å²) in [6.07, 6.45) is 10.9.